The summed E-state index contributed by atoms with van der Waals surface area (Å²) < 4.78 is 10.7. The molecule has 1 N–H and O–H groups in total. The van der Waals surface area contributed by atoms with Crippen LogP contribution in [0.15, 0.2) is 30.3 Å². The number of aromatic nitrogens is 1. The third kappa shape index (κ3) is 3.75. The number of anilines is 1. The summed E-state index contributed by atoms with van der Waals surface area (Å²) in [6.45, 7) is 5.65. The Hall–Kier alpha value is -2.56. The Labute approximate surface area is 130 Å². The highest BCUT2D eigenvalue weighted by molar-refractivity contribution is 5.93. The number of aryl methyl sites for hydroxylation is 3. The van der Waals surface area contributed by atoms with Crippen LogP contribution in [0.4, 0.5) is 5.69 Å². The number of benzene rings is 1. The molecule has 0 spiro atoms. The van der Waals surface area contributed by atoms with Crippen LogP contribution in [0.1, 0.15) is 17.0 Å². The van der Waals surface area contributed by atoms with Gasteiger partial charge in [-0.05, 0) is 44.5 Å². The molecule has 0 fully saturated rings. The number of rotatable bonds is 5. The first kappa shape index (κ1) is 15.8. The summed E-state index contributed by atoms with van der Waals surface area (Å²) in [6, 6.07) is 9.15. The summed E-state index contributed by atoms with van der Waals surface area (Å²) in [7, 11) is 1.56. The highest BCUT2D eigenvalue weighted by Crippen LogP contribution is 2.25. The molecule has 1 aromatic heterocycles. The lowest BCUT2D eigenvalue weighted by atomic mass is 10.1. The van der Waals surface area contributed by atoms with E-state index in [0.717, 1.165) is 22.6 Å². The Morgan fingerprint density at radius 1 is 1.18 bits per heavy atom. The SMILES string of the molecule is COc1ccccc1OCC(=O)Nc1c(C)cc(C)nc1C. The van der Waals surface area contributed by atoms with Gasteiger partial charge in [-0.2, -0.15) is 0 Å². The highest BCUT2D eigenvalue weighted by Gasteiger charge is 2.11. The van der Waals surface area contributed by atoms with Gasteiger partial charge in [-0.15, -0.1) is 0 Å². The van der Waals surface area contributed by atoms with Crippen molar-refractivity contribution in [1.82, 2.24) is 4.98 Å². The van der Waals surface area contributed by atoms with Crippen LogP contribution in [0.2, 0.25) is 0 Å². The lowest BCUT2D eigenvalue weighted by Crippen LogP contribution is -2.21. The van der Waals surface area contributed by atoms with Crippen molar-refractivity contribution in [1.29, 1.82) is 0 Å². The van der Waals surface area contributed by atoms with E-state index in [-0.39, 0.29) is 12.5 Å². The van der Waals surface area contributed by atoms with Gasteiger partial charge in [0.25, 0.3) is 5.91 Å². The van der Waals surface area contributed by atoms with Crippen molar-refractivity contribution in [2.75, 3.05) is 19.0 Å². The summed E-state index contributed by atoms with van der Waals surface area (Å²) in [5.74, 6) is 0.901. The first-order valence-electron chi connectivity index (χ1n) is 7.01. The molecule has 1 amide bonds. The fourth-order valence-electron chi connectivity index (χ4n) is 2.27. The van der Waals surface area contributed by atoms with Gasteiger partial charge >= 0.3 is 0 Å². The lowest BCUT2D eigenvalue weighted by Gasteiger charge is -2.13. The zero-order valence-electron chi connectivity index (χ0n) is 13.3. The first-order chi connectivity index (χ1) is 10.5. The summed E-state index contributed by atoms with van der Waals surface area (Å²) in [5.41, 5.74) is 3.44. The lowest BCUT2D eigenvalue weighted by molar-refractivity contribution is -0.118. The molecule has 0 atom stereocenters. The summed E-state index contributed by atoms with van der Waals surface area (Å²) in [4.78, 5) is 16.4. The van der Waals surface area contributed by atoms with Crippen molar-refractivity contribution in [2.24, 2.45) is 0 Å². The van der Waals surface area contributed by atoms with E-state index in [0.29, 0.717) is 11.5 Å². The van der Waals surface area contributed by atoms with Gasteiger partial charge < -0.3 is 14.8 Å². The van der Waals surface area contributed by atoms with Gasteiger partial charge in [0.05, 0.1) is 18.5 Å². The summed E-state index contributed by atoms with van der Waals surface area (Å²) in [5, 5.41) is 2.85. The molecule has 0 aliphatic rings. The van der Waals surface area contributed by atoms with Crippen LogP contribution < -0.4 is 14.8 Å². The number of pyridine rings is 1. The van der Waals surface area contributed by atoms with Crippen LogP contribution in [0.3, 0.4) is 0 Å². The first-order valence-corrected chi connectivity index (χ1v) is 7.01. The second-order valence-corrected chi connectivity index (χ2v) is 5.03. The number of hydrogen-bond donors (Lipinski definition) is 1. The minimum absolute atomic E-state index is 0.0901. The predicted molar refractivity (Wildman–Crippen MR) is 85.6 cm³/mol. The molecule has 0 aliphatic heterocycles. The fraction of sp³-hybridized carbons (Fsp3) is 0.294. The molecule has 1 heterocycles. The molecule has 0 unspecified atom stereocenters. The van der Waals surface area contributed by atoms with E-state index in [1.165, 1.54) is 0 Å². The molecule has 1 aromatic carbocycles. The van der Waals surface area contributed by atoms with Gasteiger partial charge in [0.2, 0.25) is 0 Å². The molecule has 5 nitrogen and oxygen atoms in total. The largest absolute Gasteiger partial charge is 0.493 e. The Morgan fingerprint density at radius 3 is 2.50 bits per heavy atom. The van der Waals surface area contributed by atoms with Crippen LogP contribution in [-0.2, 0) is 4.79 Å². The molecular formula is C17H20N2O3. The quantitative estimate of drug-likeness (QED) is 0.922. The number of hydrogen-bond acceptors (Lipinski definition) is 4. The van der Waals surface area contributed by atoms with Gasteiger partial charge in [-0.1, -0.05) is 12.1 Å². The zero-order chi connectivity index (χ0) is 16.1. The zero-order valence-corrected chi connectivity index (χ0v) is 13.3. The molecule has 5 heteroatoms. The molecule has 0 bridgehead atoms. The maximum Gasteiger partial charge on any atom is 0.262 e. The van der Waals surface area contributed by atoms with Gasteiger partial charge in [-0.25, -0.2) is 0 Å². The number of para-hydroxylation sites is 2. The van der Waals surface area contributed by atoms with Crippen molar-refractivity contribution >= 4 is 11.6 Å². The van der Waals surface area contributed by atoms with Crippen LogP contribution in [0.5, 0.6) is 11.5 Å². The van der Waals surface area contributed by atoms with E-state index in [1.807, 2.05) is 39.0 Å². The molecule has 2 rings (SSSR count). The topological polar surface area (TPSA) is 60.5 Å². The molecule has 116 valence electrons. The van der Waals surface area contributed by atoms with Crippen molar-refractivity contribution < 1.29 is 14.3 Å². The Balaban J connectivity index is 2.02. The second-order valence-electron chi connectivity index (χ2n) is 5.03. The average Bonchev–Trinajstić information content (AvgIpc) is 2.49. The third-order valence-corrected chi connectivity index (χ3v) is 3.22. The molecule has 0 aliphatic carbocycles. The number of methoxy groups -OCH3 is 1. The number of carbonyl (C=O) groups excluding carboxylic acids is 1. The van der Waals surface area contributed by atoms with E-state index >= 15 is 0 Å². The molecule has 0 saturated heterocycles. The highest BCUT2D eigenvalue weighted by atomic mass is 16.5. The van der Waals surface area contributed by atoms with Crippen molar-refractivity contribution in [3.63, 3.8) is 0 Å². The summed E-state index contributed by atoms with van der Waals surface area (Å²) in [6.07, 6.45) is 0. The number of amides is 1. The van der Waals surface area contributed by atoms with Crippen LogP contribution >= 0.6 is 0 Å². The minimum atomic E-state index is -0.234. The third-order valence-electron chi connectivity index (χ3n) is 3.22. The number of carbonyl (C=O) groups is 1. The molecular weight excluding hydrogens is 280 g/mol. The van der Waals surface area contributed by atoms with Gasteiger partial charge in [0.15, 0.2) is 18.1 Å². The van der Waals surface area contributed by atoms with Crippen molar-refractivity contribution in [3.8, 4) is 11.5 Å². The normalized spacial score (nSPS) is 10.2. The van der Waals surface area contributed by atoms with E-state index in [1.54, 1.807) is 19.2 Å². The average molecular weight is 300 g/mol. The Kier molecular flexibility index (Phi) is 4.99. The molecule has 0 saturated carbocycles. The molecule has 0 radical (unpaired) electrons. The maximum atomic E-state index is 12.1. The fourth-order valence-corrected chi connectivity index (χ4v) is 2.27. The van der Waals surface area contributed by atoms with Gasteiger partial charge in [0.1, 0.15) is 0 Å². The smallest absolute Gasteiger partial charge is 0.262 e. The van der Waals surface area contributed by atoms with Crippen LogP contribution in [0.25, 0.3) is 0 Å². The van der Waals surface area contributed by atoms with E-state index in [4.69, 9.17) is 9.47 Å². The standard InChI is InChI=1S/C17H20N2O3/c1-11-9-12(2)18-13(3)17(11)19-16(20)10-22-15-8-6-5-7-14(15)21-4/h5-9H,10H2,1-4H3,(H,19,20). The molecule has 2 aromatic rings. The minimum Gasteiger partial charge on any atom is -0.493 e. The summed E-state index contributed by atoms with van der Waals surface area (Å²) >= 11 is 0. The van der Waals surface area contributed by atoms with Gasteiger partial charge in [0, 0.05) is 5.69 Å². The predicted octanol–water partition coefficient (Wildman–Crippen LogP) is 3.03. The monoisotopic (exact) mass is 300 g/mol. The second kappa shape index (κ2) is 6.93. The van der Waals surface area contributed by atoms with Crippen LogP contribution in [-0.4, -0.2) is 24.6 Å². The maximum absolute atomic E-state index is 12.1. The number of nitrogens with one attached hydrogen (secondary N) is 1. The van der Waals surface area contributed by atoms with E-state index in [2.05, 4.69) is 10.3 Å². The molecule has 22 heavy (non-hydrogen) atoms. The van der Waals surface area contributed by atoms with E-state index in [9.17, 15) is 4.79 Å². The van der Waals surface area contributed by atoms with Gasteiger partial charge in [-0.3, -0.25) is 9.78 Å². The van der Waals surface area contributed by atoms with Crippen LogP contribution in [0, 0.1) is 20.8 Å². The Bertz CT molecular complexity index is 660. The number of ether oxygens (including phenoxy) is 2. The van der Waals surface area contributed by atoms with E-state index < -0.39 is 0 Å². The van der Waals surface area contributed by atoms with Crippen molar-refractivity contribution in [3.05, 3.63) is 47.3 Å². The number of nitrogens with zero attached hydrogens (tertiary/aromatic N) is 1. The Morgan fingerprint density at radius 2 is 1.86 bits per heavy atom. The van der Waals surface area contributed by atoms with Crippen molar-refractivity contribution in [2.45, 2.75) is 20.8 Å².